The summed E-state index contributed by atoms with van der Waals surface area (Å²) < 4.78 is 69.6. The van der Waals surface area contributed by atoms with Gasteiger partial charge in [0.05, 0.1) is 17.7 Å². The van der Waals surface area contributed by atoms with Crippen molar-refractivity contribution in [2.75, 3.05) is 19.6 Å². The van der Waals surface area contributed by atoms with E-state index < -0.39 is 36.9 Å². The molecule has 0 atom stereocenters. The van der Waals surface area contributed by atoms with Gasteiger partial charge in [-0.15, -0.1) is 0 Å². The fourth-order valence-corrected chi connectivity index (χ4v) is 3.38. The van der Waals surface area contributed by atoms with Crippen LogP contribution in [0.25, 0.3) is 0 Å². The molecule has 9 heteroatoms. The first-order chi connectivity index (χ1) is 12.9. The monoisotopic (exact) mass is 403 g/mol. The zero-order valence-corrected chi connectivity index (χ0v) is 16.6. The van der Waals surface area contributed by atoms with Crippen molar-refractivity contribution < 1.29 is 31.6 Å². The summed E-state index contributed by atoms with van der Waals surface area (Å²) >= 11 is 0. The molecule has 0 unspecified atom stereocenters. The molecule has 0 radical (unpaired) electrons. The van der Waals surface area contributed by atoms with Crippen LogP contribution >= 0.6 is 0 Å². The van der Waals surface area contributed by atoms with Crippen LogP contribution in [0.3, 0.4) is 0 Å². The number of likely N-dealkylation sites (tertiary alicyclic amines) is 1. The Labute approximate surface area is 163 Å². The van der Waals surface area contributed by atoms with E-state index in [0.29, 0.717) is 31.7 Å². The zero-order chi connectivity index (χ0) is 20.7. The average molecular weight is 403 g/mol. The van der Waals surface area contributed by atoms with Crippen LogP contribution in [0.1, 0.15) is 40.5 Å². The summed E-state index contributed by atoms with van der Waals surface area (Å²) in [7, 11) is -0.845. The summed E-state index contributed by atoms with van der Waals surface area (Å²) in [6, 6.07) is 4.38. The average Bonchev–Trinajstić information content (AvgIpc) is 2.77. The molecule has 2 fully saturated rings. The van der Waals surface area contributed by atoms with E-state index in [2.05, 4.69) is 0 Å². The predicted molar refractivity (Wildman–Crippen MR) is 98.3 cm³/mol. The highest BCUT2D eigenvalue weighted by molar-refractivity contribution is 6.62. The second-order valence-corrected chi connectivity index (χ2v) is 8.48. The van der Waals surface area contributed by atoms with Crippen molar-refractivity contribution in [3.63, 3.8) is 0 Å². The molecule has 3 rings (SSSR count). The van der Waals surface area contributed by atoms with Gasteiger partial charge in [0, 0.05) is 18.6 Å². The lowest BCUT2D eigenvalue weighted by Gasteiger charge is -2.32. The van der Waals surface area contributed by atoms with Gasteiger partial charge in [0.1, 0.15) is 17.7 Å². The van der Waals surface area contributed by atoms with Crippen molar-refractivity contribution in [2.24, 2.45) is 0 Å². The first-order valence-corrected chi connectivity index (χ1v) is 9.47. The van der Waals surface area contributed by atoms with Crippen LogP contribution < -0.4 is 10.2 Å². The highest BCUT2D eigenvalue weighted by Gasteiger charge is 2.52. The van der Waals surface area contributed by atoms with E-state index in [1.807, 2.05) is 27.7 Å². The smallest absolute Gasteiger partial charge is 0.490 e. The van der Waals surface area contributed by atoms with Gasteiger partial charge in [0.25, 0.3) is 0 Å². The van der Waals surface area contributed by atoms with Crippen LogP contribution in [-0.4, -0.2) is 55.1 Å². The van der Waals surface area contributed by atoms with Crippen molar-refractivity contribution in [1.82, 2.24) is 4.90 Å². The normalized spacial score (nSPS) is 23.2. The molecule has 0 N–H and O–H groups in total. The molecule has 4 nitrogen and oxygen atoms in total. The highest BCUT2D eigenvalue weighted by atomic mass is 19.4. The van der Waals surface area contributed by atoms with E-state index in [9.17, 15) is 17.6 Å². The lowest BCUT2D eigenvalue weighted by atomic mass is 9.78. The maximum Gasteiger partial charge on any atom is 0.497 e. The lowest BCUT2D eigenvalue weighted by molar-refractivity contribution is -0.149. The Kier molecular flexibility index (Phi) is 5.73. The summed E-state index contributed by atoms with van der Waals surface area (Å²) in [6.07, 6.45) is -3.43. The maximum absolute atomic E-state index is 14.4. The predicted octanol–water partition coefficient (Wildman–Crippen LogP) is 3.53. The van der Waals surface area contributed by atoms with Crippen LogP contribution in [0.4, 0.5) is 17.6 Å². The number of hydrogen-bond acceptors (Lipinski definition) is 4. The fraction of sp³-hybridized carbons (Fsp3) is 0.684. The van der Waals surface area contributed by atoms with Gasteiger partial charge in [-0.05, 0) is 58.7 Å². The summed E-state index contributed by atoms with van der Waals surface area (Å²) in [6.45, 7) is 7.28. The first kappa shape index (κ1) is 21.4. The molecule has 0 amide bonds. The second kappa shape index (κ2) is 7.50. The molecule has 156 valence electrons. The van der Waals surface area contributed by atoms with E-state index in [1.54, 1.807) is 6.07 Å². The standard InChI is InChI=1S/C19H26BF4NO3/c1-17(2)18(3,4)28-20(27-17)15-11-14(5-6-16(15)21)26-13-7-9-25(10-8-13)12-19(22,23)24/h5-6,11,13H,7-10,12H2,1-4H3. The van der Waals surface area contributed by atoms with E-state index in [0.717, 1.165) is 0 Å². The zero-order valence-electron chi connectivity index (χ0n) is 16.6. The van der Waals surface area contributed by atoms with Crippen LogP contribution in [-0.2, 0) is 9.31 Å². The third-order valence-corrected chi connectivity index (χ3v) is 5.71. The van der Waals surface area contributed by atoms with Gasteiger partial charge in [-0.2, -0.15) is 13.2 Å². The molecule has 0 aromatic heterocycles. The summed E-state index contributed by atoms with van der Waals surface area (Å²) in [5.74, 6) is 0.00577. The quantitative estimate of drug-likeness (QED) is 0.569. The third kappa shape index (κ3) is 4.80. The summed E-state index contributed by atoms with van der Waals surface area (Å²) in [4.78, 5) is 1.38. The van der Waals surface area contributed by atoms with Crippen molar-refractivity contribution in [1.29, 1.82) is 0 Å². The third-order valence-electron chi connectivity index (χ3n) is 5.71. The first-order valence-electron chi connectivity index (χ1n) is 9.47. The van der Waals surface area contributed by atoms with Gasteiger partial charge < -0.3 is 14.0 Å². The number of piperidine rings is 1. The van der Waals surface area contributed by atoms with Crippen LogP contribution in [0.2, 0.25) is 0 Å². The van der Waals surface area contributed by atoms with Crippen molar-refractivity contribution >= 4 is 12.6 Å². The van der Waals surface area contributed by atoms with Gasteiger partial charge in [-0.1, -0.05) is 0 Å². The number of halogens is 4. The fourth-order valence-electron chi connectivity index (χ4n) is 3.38. The minimum absolute atomic E-state index is 0.207. The molecule has 0 bridgehead atoms. The molecular formula is C19H26BF4NO3. The molecule has 28 heavy (non-hydrogen) atoms. The number of alkyl halides is 3. The molecule has 1 aromatic carbocycles. The van der Waals surface area contributed by atoms with E-state index in [4.69, 9.17) is 14.0 Å². The molecule has 2 saturated heterocycles. The van der Waals surface area contributed by atoms with Gasteiger partial charge in [-0.25, -0.2) is 4.39 Å². The maximum atomic E-state index is 14.4. The number of rotatable bonds is 4. The van der Waals surface area contributed by atoms with Gasteiger partial charge >= 0.3 is 13.3 Å². The molecule has 2 aliphatic rings. The Morgan fingerprint density at radius 3 is 2.21 bits per heavy atom. The second-order valence-electron chi connectivity index (χ2n) is 8.48. The van der Waals surface area contributed by atoms with E-state index >= 15 is 0 Å². The van der Waals surface area contributed by atoms with E-state index in [1.165, 1.54) is 17.0 Å². The molecular weight excluding hydrogens is 377 g/mol. The van der Waals surface area contributed by atoms with Crippen molar-refractivity contribution in [3.8, 4) is 5.75 Å². The van der Waals surface area contributed by atoms with Crippen molar-refractivity contribution in [3.05, 3.63) is 24.0 Å². The molecule has 0 spiro atoms. The van der Waals surface area contributed by atoms with Crippen LogP contribution in [0.5, 0.6) is 5.75 Å². The van der Waals surface area contributed by atoms with Crippen LogP contribution in [0, 0.1) is 5.82 Å². The Balaban J connectivity index is 1.64. The minimum atomic E-state index is -4.19. The Hall–Kier alpha value is -1.32. The molecule has 2 heterocycles. The number of hydrogen-bond donors (Lipinski definition) is 0. The number of nitrogens with zero attached hydrogens (tertiary/aromatic N) is 1. The van der Waals surface area contributed by atoms with Crippen LogP contribution in [0.15, 0.2) is 18.2 Å². The molecule has 1 aromatic rings. The largest absolute Gasteiger partial charge is 0.497 e. The van der Waals surface area contributed by atoms with Gasteiger partial charge in [0.15, 0.2) is 0 Å². The van der Waals surface area contributed by atoms with Crippen molar-refractivity contribution in [2.45, 2.75) is 64.0 Å². The Morgan fingerprint density at radius 1 is 1.11 bits per heavy atom. The summed E-state index contributed by atoms with van der Waals surface area (Å²) in [5, 5.41) is 0. The Morgan fingerprint density at radius 2 is 1.68 bits per heavy atom. The Bertz CT molecular complexity index is 687. The minimum Gasteiger partial charge on any atom is -0.490 e. The SMILES string of the molecule is CC1(C)OB(c2cc(OC3CCN(CC(F)(F)F)CC3)ccc2F)OC1(C)C. The summed E-state index contributed by atoms with van der Waals surface area (Å²) in [5.41, 5.74) is -0.927. The van der Waals surface area contributed by atoms with Gasteiger partial charge in [0.2, 0.25) is 0 Å². The topological polar surface area (TPSA) is 30.9 Å². The molecule has 2 aliphatic heterocycles. The molecule has 0 saturated carbocycles. The number of ether oxygens (including phenoxy) is 1. The van der Waals surface area contributed by atoms with E-state index in [-0.39, 0.29) is 11.6 Å². The lowest BCUT2D eigenvalue weighted by Crippen LogP contribution is -2.43. The number of benzene rings is 1. The highest BCUT2D eigenvalue weighted by Crippen LogP contribution is 2.37. The molecule has 0 aliphatic carbocycles. The van der Waals surface area contributed by atoms with Gasteiger partial charge in [-0.3, -0.25) is 4.90 Å².